The number of fused-ring (bicyclic) bond motifs is 2. The molecular weight excluding hydrogens is 394 g/mol. The SMILES string of the molecule is CCc1nccn1CC1=Cc2cccnc2C(N2CCNCC2)c2ccc(Cl)cc21. The van der Waals surface area contributed by atoms with Gasteiger partial charge in [-0.15, -0.1) is 0 Å². The standard InChI is InChI=1S/C24H26ClN5/c1-2-22-27-10-13-30(22)16-18-14-17-4-3-7-28-23(17)24(29-11-8-26-9-12-29)20-6-5-19(25)15-21(18)20/h3-7,10,13-15,24,26H,2,8-9,11-12,16H2,1H3. The van der Waals surface area contributed by atoms with Gasteiger partial charge in [0.2, 0.25) is 0 Å². The van der Waals surface area contributed by atoms with E-state index in [0.29, 0.717) is 0 Å². The van der Waals surface area contributed by atoms with Gasteiger partial charge in [0, 0.05) is 62.8 Å². The van der Waals surface area contributed by atoms with E-state index in [2.05, 4.69) is 57.2 Å². The number of aromatic nitrogens is 3. The van der Waals surface area contributed by atoms with Gasteiger partial charge >= 0.3 is 0 Å². The summed E-state index contributed by atoms with van der Waals surface area (Å²) in [6, 6.07) is 10.6. The van der Waals surface area contributed by atoms with Crippen LogP contribution in [0, 0.1) is 0 Å². The van der Waals surface area contributed by atoms with E-state index in [-0.39, 0.29) is 6.04 Å². The van der Waals surface area contributed by atoms with Crippen LogP contribution in [0.15, 0.2) is 48.9 Å². The fraction of sp³-hybridized carbons (Fsp3) is 0.333. The zero-order valence-electron chi connectivity index (χ0n) is 17.2. The topological polar surface area (TPSA) is 46.0 Å². The van der Waals surface area contributed by atoms with Gasteiger partial charge in [0.15, 0.2) is 0 Å². The summed E-state index contributed by atoms with van der Waals surface area (Å²) >= 11 is 6.49. The zero-order chi connectivity index (χ0) is 20.5. The molecule has 1 N–H and O–H groups in total. The first kappa shape index (κ1) is 19.5. The summed E-state index contributed by atoms with van der Waals surface area (Å²) in [7, 11) is 0. The number of imidazole rings is 1. The fourth-order valence-corrected chi connectivity index (χ4v) is 4.83. The van der Waals surface area contributed by atoms with Crippen LogP contribution in [0.25, 0.3) is 11.6 Å². The second-order valence-corrected chi connectivity index (χ2v) is 8.33. The summed E-state index contributed by atoms with van der Waals surface area (Å²) in [5.74, 6) is 1.09. The molecule has 1 aliphatic carbocycles. The summed E-state index contributed by atoms with van der Waals surface area (Å²) in [5, 5.41) is 4.23. The van der Waals surface area contributed by atoms with Crippen LogP contribution in [-0.4, -0.2) is 45.6 Å². The summed E-state index contributed by atoms with van der Waals surface area (Å²) in [4.78, 5) is 11.9. The molecule has 1 saturated heterocycles. The van der Waals surface area contributed by atoms with Gasteiger partial charge in [0.05, 0.1) is 11.7 Å². The van der Waals surface area contributed by atoms with Crippen molar-refractivity contribution in [3.05, 3.63) is 82.2 Å². The maximum atomic E-state index is 6.49. The average molecular weight is 420 g/mol. The number of hydrogen-bond donors (Lipinski definition) is 1. The molecule has 30 heavy (non-hydrogen) atoms. The normalized spacial score (nSPS) is 19.0. The molecule has 154 valence electrons. The van der Waals surface area contributed by atoms with Gasteiger partial charge in [-0.25, -0.2) is 4.98 Å². The molecule has 3 aromatic rings. The molecule has 0 radical (unpaired) electrons. The summed E-state index contributed by atoms with van der Waals surface area (Å²) in [5.41, 5.74) is 6.04. The predicted octanol–water partition coefficient (Wildman–Crippen LogP) is 4.04. The van der Waals surface area contributed by atoms with Crippen molar-refractivity contribution in [3.8, 4) is 0 Å². The molecule has 1 unspecified atom stereocenters. The molecule has 1 aliphatic heterocycles. The summed E-state index contributed by atoms with van der Waals surface area (Å²) in [6.07, 6.45) is 9.05. The van der Waals surface area contributed by atoms with Gasteiger partial charge in [-0.3, -0.25) is 9.88 Å². The first-order valence-electron chi connectivity index (χ1n) is 10.6. The molecule has 0 saturated carbocycles. The van der Waals surface area contributed by atoms with Gasteiger partial charge < -0.3 is 9.88 Å². The van der Waals surface area contributed by atoms with E-state index in [4.69, 9.17) is 16.6 Å². The minimum absolute atomic E-state index is 0.123. The van der Waals surface area contributed by atoms with Crippen LogP contribution in [0.2, 0.25) is 5.02 Å². The molecule has 5 nitrogen and oxygen atoms in total. The Balaban J connectivity index is 1.68. The van der Waals surface area contributed by atoms with E-state index < -0.39 is 0 Å². The maximum absolute atomic E-state index is 6.49. The highest BCUT2D eigenvalue weighted by atomic mass is 35.5. The van der Waals surface area contributed by atoms with Crippen molar-refractivity contribution < 1.29 is 0 Å². The van der Waals surface area contributed by atoms with E-state index in [1.54, 1.807) is 0 Å². The van der Waals surface area contributed by atoms with E-state index >= 15 is 0 Å². The largest absolute Gasteiger partial charge is 0.331 e. The van der Waals surface area contributed by atoms with E-state index in [0.717, 1.165) is 55.7 Å². The van der Waals surface area contributed by atoms with Gasteiger partial charge in [-0.05, 0) is 46.5 Å². The van der Waals surface area contributed by atoms with Crippen molar-refractivity contribution in [1.82, 2.24) is 24.8 Å². The summed E-state index contributed by atoms with van der Waals surface area (Å²) in [6.45, 7) is 6.90. The molecule has 1 fully saturated rings. The highest BCUT2D eigenvalue weighted by Crippen LogP contribution is 2.40. The molecule has 0 amide bonds. The van der Waals surface area contributed by atoms with Crippen molar-refractivity contribution in [1.29, 1.82) is 0 Å². The van der Waals surface area contributed by atoms with Crippen LogP contribution in [0.1, 0.15) is 41.2 Å². The summed E-state index contributed by atoms with van der Waals surface area (Å²) < 4.78 is 2.23. The van der Waals surface area contributed by atoms with E-state index in [1.165, 1.54) is 22.3 Å². The molecule has 0 bridgehead atoms. The van der Waals surface area contributed by atoms with E-state index in [9.17, 15) is 0 Å². The van der Waals surface area contributed by atoms with Crippen molar-refractivity contribution in [2.75, 3.05) is 26.2 Å². The number of benzene rings is 1. The van der Waals surface area contributed by atoms with Crippen LogP contribution >= 0.6 is 11.6 Å². The highest BCUT2D eigenvalue weighted by molar-refractivity contribution is 6.30. The molecule has 1 atom stereocenters. The maximum Gasteiger partial charge on any atom is 0.108 e. The number of aryl methyl sites for hydroxylation is 1. The quantitative estimate of drug-likeness (QED) is 0.693. The third kappa shape index (κ3) is 3.58. The molecule has 3 heterocycles. The van der Waals surface area contributed by atoms with Crippen LogP contribution in [-0.2, 0) is 13.0 Å². The van der Waals surface area contributed by atoms with Gasteiger partial charge in [0.1, 0.15) is 5.82 Å². The first-order valence-corrected chi connectivity index (χ1v) is 11.0. The number of allylic oxidation sites excluding steroid dienone is 1. The highest BCUT2D eigenvalue weighted by Gasteiger charge is 2.31. The van der Waals surface area contributed by atoms with Crippen molar-refractivity contribution in [2.45, 2.75) is 25.9 Å². The monoisotopic (exact) mass is 419 g/mol. The Kier molecular flexibility index (Phi) is 5.42. The lowest BCUT2D eigenvalue weighted by Crippen LogP contribution is -2.45. The average Bonchev–Trinajstić information content (AvgIpc) is 3.18. The number of halogens is 1. The Morgan fingerprint density at radius 3 is 2.83 bits per heavy atom. The first-order chi connectivity index (χ1) is 14.7. The number of pyridine rings is 1. The van der Waals surface area contributed by atoms with Crippen LogP contribution < -0.4 is 5.32 Å². The molecular formula is C24H26ClN5. The Labute approximate surface area is 182 Å². The number of rotatable bonds is 4. The van der Waals surface area contributed by atoms with Crippen molar-refractivity contribution in [3.63, 3.8) is 0 Å². The molecule has 2 aromatic heterocycles. The lowest BCUT2D eigenvalue weighted by molar-refractivity contribution is 0.195. The van der Waals surface area contributed by atoms with Crippen LogP contribution in [0.3, 0.4) is 0 Å². The Morgan fingerprint density at radius 1 is 1.13 bits per heavy atom. The minimum atomic E-state index is 0.123. The lowest BCUT2D eigenvalue weighted by atomic mass is 9.93. The second kappa shape index (κ2) is 8.34. The van der Waals surface area contributed by atoms with Crippen molar-refractivity contribution in [2.24, 2.45) is 0 Å². The fourth-order valence-electron chi connectivity index (χ4n) is 4.66. The van der Waals surface area contributed by atoms with Gasteiger partial charge in [-0.2, -0.15) is 0 Å². The Bertz CT molecular complexity index is 1080. The zero-order valence-corrected chi connectivity index (χ0v) is 17.9. The number of hydrogen-bond acceptors (Lipinski definition) is 4. The minimum Gasteiger partial charge on any atom is -0.331 e. The van der Waals surface area contributed by atoms with Crippen LogP contribution in [0.5, 0.6) is 0 Å². The van der Waals surface area contributed by atoms with E-state index in [1.807, 2.05) is 24.5 Å². The van der Waals surface area contributed by atoms with Gasteiger partial charge in [-0.1, -0.05) is 30.7 Å². The number of piperazine rings is 1. The van der Waals surface area contributed by atoms with Crippen molar-refractivity contribution >= 4 is 23.3 Å². The third-order valence-corrected chi connectivity index (χ3v) is 6.33. The number of nitrogens with one attached hydrogen (secondary N) is 1. The molecule has 1 aromatic carbocycles. The Hall–Kier alpha value is -2.47. The Morgan fingerprint density at radius 2 is 2.00 bits per heavy atom. The van der Waals surface area contributed by atoms with Gasteiger partial charge in [0.25, 0.3) is 0 Å². The lowest BCUT2D eigenvalue weighted by Gasteiger charge is -2.35. The molecule has 0 spiro atoms. The molecule has 6 heteroatoms. The molecule has 5 rings (SSSR count). The second-order valence-electron chi connectivity index (χ2n) is 7.89. The predicted molar refractivity (Wildman–Crippen MR) is 121 cm³/mol. The van der Waals surface area contributed by atoms with Crippen LogP contribution in [0.4, 0.5) is 0 Å². The smallest absolute Gasteiger partial charge is 0.108 e. The molecule has 2 aliphatic rings. The number of nitrogens with zero attached hydrogens (tertiary/aromatic N) is 4. The third-order valence-electron chi connectivity index (χ3n) is 6.09.